The Balaban J connectivity index is 1.45. The van der Waals surface area contributed by atoms with Crippen LogP contribution in [0.1, 0.15) is 68.2 Å². The van der Waals surface area contributed by atoms with Crippen LogP contribution in [0.2, 0.25) is 0 Å². The minimum absolute atomic E-state index is 0.0675. The zero-order chi connectivity index (χ0) is 19.2. The van der Waals surface area contributed by atoms with Crippen LogP contribution in [0, 0.1) is 0 Å². The minimum Gasteiger partial charge on any atom is -0.508 e. The molecule has 0 bridgehead atoms. The first-order valence-electron chi connectivity index (χ1n) is 9.89. The summed E-state index contributed by atoms with van der Waals surface area (Å²) in [6.45, 7) is 5.54. The van der Waals surface area contributed by atoms with Crippen molar-refractivity contribution in [2.45, 2.75) is 64.3 Å². The molecule has 0 fully saturated rings. The fourth-order valence-corrected chi connectivity index (χ4v) is 3.76. The molecule has 27 heavy (non-hydrogen) atoms. The summed E-state index contributed by atoms with van der Waals surface area (Å²) in [4.78, 5) is 0. The molecule has 3 atom stereocenters. The summed E-state index contributed by atoms with van der Waals surface area (Å²) < 4.78 is 11.9. The van der Waals surface area contributed by atoms with Gasteiger partial charge in [0.1, 0.15) is 11.5 Å². The summed E-state index contributed by atoms with van der Waals surface area (Å²) in [5.74, 6) is 0.405. The minimum atomic E-state index is -0.114. The van der Waals surface area contributed by atoms with E-state index >= 15 is 0 Å². The molecule has 0 saturated heterocycles. The molecule has 0 spiro atoms. The fraction of sp³-hybridized carbons (Fsp3) is 0.478. The van der Waals surface area contributed by atoms with Crippen molar-refractivity contribution in [3.8, 4) is 11.5 Å². The summed E-state index contributed by atoms with van der Waals surface area (Å²) in [5.41, 5.74) is 3.05. The Morgan fingerprint density at radius 1 is 1.00 bits per heavy atom. The third-order valence-electron chi connectivity index (χ3n) is 5.44. The van der Waals surface area contributed by atoms with Crippen LogP contribution in [0.15, 0.2) is 42.5 Å². The van der Waals surface area contributed by atoms with Gasteiger partial charge in [-0.15, -0.1) is 0 Å². The summed E-state index contributed by atoms with van der Waals surface area (Å²) in [5, 5.41) is 20.2. The predicted molar refractivity (Wildman–Crippen MR) is 106 cm³/mol. The number of benzene rings is 2. The Morgan fingerprint density at radius 2 is 1.78 bits per heavy atom. The molecule has 1 aliphatic heterocycles. The maximum Gasteiger partial charge on any atom is 0.125 e. The van der Waals surface area contributed by atoms with Crippen LogP contribution in [-0.4, -0.2) is 22.9 Å². The number of unbranched alkanes of at least 4 members (excludes halogenated alkanes) is 2. The van der Waals surface area contributed by atoms with Gasteiger partial charge in [-0.3, -0.25) is 0 Å². The first-order chi connectivity index (χ1) is 13.1. The summed E-state index contributed by atoms with van der Waals surface area (Å²) in [7, 11) is 0. The fourth-order valence-electron chi connectivity index (χ4n) is 3.76. The quantitative estimate of drug-likeness (QED) is 0.608. The molecule has 4 heteroatoms. The normalized spacial score (nSPS) is 21.8. The highest BCUT2D eigenvalue weighted by atomic mass is 16.5. The first-order valence-corrected chi connectivity index (χ1v) is 9.89. The maximum atomic E-state index is 10.3. The molecule has 1 heterocycles. The summed E-state index contributed by atoms with van der Waals surface area (Å²) in [6.07, 6.45) is 3.91. The number of phenolic OH excluding ortho intramolecular Hbond substituents is 2. The second-order valence-corrected chi connectivity index (χ2v) is 7.47. The first kappa shape index (κ1) is 19.7. The van der Waals surface area contributed by atoms with E-state index in [2.05, 4.69) is 26.0 Å². The number of aromatic hydroxyl groups is 2. The lowest BCUT2D eigenvalue weighted by atomic mass is 9.84. The smallest absolute Gasteiger partial charge is 0.125 e. The summed E-state index contributed by atoms with van der Waals surface area (Å²) >= 11 is 0. The van der Waals surface area contributed by atoms with E-state index in [4.69, 9.17) is 9.47 Å². The van der Waals surface area contributed by atoms with E-state index in [0.29, 0.717) is 6.61 Å². The monoisotopic (exact) mass is 370 g/mol. The van der Waals surface area contributed by atoms with Crippen molar-refractivity contribution < 1.29 is 19.7 Å². The third-order valence-corrected chi connectivity index (χ3v) is 5.44. The largest absolute Gasteiger partial charge is 0.508 e. The van der Waals surface area contributed by atoms with Crippen LogP contribution in [-0.2, 0) is 16.1 Å². The molecule has 0 aliphatic carbocycles. The molecule has 2 aromatic carbocycles. The van der Waals surface area contributed by atoms with E-state index in [1.807, 2.05) is 18.2 Å². The second kappa shape index (κ2) is 9.25. The Kier molecular flexibility index (Phi) is 6.75. The Morgan fingerprint density at radius 3 is 2.56 bits per heavy atom. The molecule has 0 radical (unpaired) electrons. The zero-order valence-corrected chi connectivity index (χ0v) is 16.2. The van der Waals surface area contributed by atoms with Crippen molar-refractivity contribution in [2.75, 3.05) is 6.61 Å². The van der Waals surface area contributed by atoms with Crippen LogP contribution < -0.4 is 0 Å². The number of fused-ring (bicyclic) bond motifs is 1. The Labute approximate surface area is 161 Å². The molecule has 146 valence electrons. The lowest BCUT2D eigenvalue weighted by Gasteiger charge is -2.35. The van der Waals surface area contributed by atoms with Crippen LogP contribution in [0.25, 0.3) is 0 Å². The molecule has 0 aromatic heterocycles. The van der Waals surface area contributed by atoms with Crippen molar-refractivity contribution in [2.24, 2.45) is 0 Å². The average molecular weight is 370 g/mol. The van der Waals surface area contributed by atoms with Crippen molar-refractivity contribution in [3.63, 3.8) is 0 Å². The number of hydrogen-bond donors (Lipinski definition) is 2. The predicted octanol–water partition coefficient (Wildman–Crippen LogP) is 5.44. The van der Waals surface area contributed by atoms with Crippen molar-refractivity contribution >= 4 is 0 Å². The Bertz CT molecular complexity index is 729. The topological polar surface area (TPSA) is 58.9 Å². The molecule has 4 nitrogen and oxygen atoms in total. The maximum absolute atomic E-state index is 10.3. The summed E-state index contributed by atoms with van der Waals surface area (Å²) in [6, 6.07) is 13.4. The average Bonchev–Trinajstić information content (AvgIpc) is 2.65. The number of hydrogen-bond acceptors (Lipinski definition) is 4. The van der Waals surface area contributed by atoms with Crippen LogP contribution in [0.4, 0.5) is 0 Å². The van der Waals surface area contributed by atoms with Gasteiger partial charge in [-0.05, 0) is 37.0 Å². The SMILES string of the molecule is C[C@H]1OC(CCCCCOCc2ccccc2)c2c(O)cc(O)cc2[C@@H]1C. The van der Waals surface area contributed by atoms with Gasteiger partial charge >= 0.3 is 0 Å². The molecule has 0 saturated carbocycles. The van der Waals surface area contributed by atoms with Gasteiger partial charge in [0, 0.05) is 24.2 Å². The molecule has 1 unspecified atom stereocenters. The number of rotatable bonds is 8. The number of phenols is 2. The second-order valence-electron chi connectivity index (χ2n) is 7.47. The molecule has 1 aliphatic rings. The van der Waals surface area contributed by atoms with Gasteiger partial charge in [0.05, 0.1) is 18.8 Å². The van der Waals surface area contributed by atoms with E-state index in [0.717, 1.165) is 43.4 Å². The zero-order valence-electron chi connectivity index (χ0n) is 16.2. The van der Waals surface area contributed by atoms with Crippen molar-refractivity contribution in [1.82, 2.24) is 0 Å². The third kappa shape index (κ3) is 5.02. The molecule has 0 amide bonds. The van der Waals surface area contributed by atoms with Crippen LogP contribution >= 0.6 is 0 Å². The van der Waals surface area contributed by atoms with E-state index in [1.165, 1.54) is 11.6 Å². The highest BCUT2D eigenvalue weighted by Gasteiger charge is 2.33. The number of ether oxygens (including phenoxy) is 2. The van der Waals surface area contributed by atoms with Crippen LogP contribution in [0.3, 0.4) is 0 Å². The Hall–Kier alpha value is -2.04. The van der Waals surface area contributed by atoms with E-state index in [-0.39, 0.29) is 29.6 Å². The molecule has 3 rings (SSSR count). The van der Waals surface area contributed by atoms with Crippen molar-refractivity contribution in [3.05, 3.63) is 59.2 Å². The molecule has 2 N–H and O–H groups in total. The standard InChI is InChI=1S/C23H30O4/c1-16-17(2)27-22(23-20(16)13-19(24)14-21(23)25)11-7-4-8-12-26-15-18-9-5-3-6-10-18/h3,5-6,9-10,13-14,16-17,22,24-25H,4,7-8,11-12,15H2,1-2H3/t16-,17-,22?/m1/s1. The van der Waals surface area contributed by atoms with Gasteiger partial charge in [0.2, 0.25) is 0 Å². The van der Waals surface area contributed by atoms with E-state index < -0.39 is 0 Å². The molecular formula is C23H30O4. The van der Waals surface area contributed by atoms with Gasteiger partial charge in [-0.1, -0.05) is 50.1 Å². The highest BCUT2D eigenvalue weighted by Crippen LogP contribution is 2.45. The lowest BCUT2D eigenvalue weighted by molar-refractivity contribution is -0.0355. The van der Waals surface area contributed by atoms with Crippen LogP contribution in [0.5, 0.6) is 11.5 Å². The van der Waals surface area contributed by atoms with Crippen molar-refractivity contribution in [1.29, 1.82) is 0 Å². The lowest BCUT2D eigenvalue weighted by Crippen LogP contribution is -2.27. The van der Waals surface area contributed by atoms with E-state index in [1.54, 1.807) is 6.07 Å². The van der Waals surface area contributed by atoms with Gasteiger partial charge in [-0.2, -0.15) is 0 Å². The van der Waals surface area contributed by atoms with Gasteiger partial charge in [0.15, 0.2) is 0 Å². The van der Waals surface area contributed by atoms with Gasteiger partial charge < -0.3 is 19.7 Å². The van der Waals surface area contributed by atoms with E-state index in [9.17, 15) is 10.2 Å². The molecule has 2 aromatic rings. The van der Waals surface area contributed by atoms with Gasteiger partial charge in [-0.25, -0.2) is 0 Å². The molecular weight excluding hydrogens is 340 g/mol. The highest BCUT2D eigenvalue weighted by molar-refractivity contribution is 5.49. The van der Waals surface area contributed by atoms with Gasteiger partial charge in [0.25, 0.3) is 0 Å².